The van der Waals surface area contributed by atoms with E-state index >= 15 is 0 Å². The van der Waals surface area contributed by atoms with Crippen molar-refractivity contribution < 1.29 is 19.1 Å². The molecule has 2 N–H and O–H groups in total. The van der Waals surface area contributed by atoms with E-state index in [9.17, 15) is 14.4 Å². The molecule has 2 aromatic rings. The molecule has 1 saturated heterocycles. The maximum Gasteiger partial charge on any atom is 0.325 e. The Labute approximate surface area is 170 Å². The molecule has 29 heavy (non-hydrogen) atoms. The predicted molar refractivity (Wildman–Crippen MR) is 111 cm³/mol. The number of benzene rings is 2. The highest BCUT2D eigenvalue weighted by Gasteiger charge is 2.49. The van der Waals surface area contributed by atoms with Crippen molar-refractivity contribution in [1.29, 1.82) is 0 Å². The highest BCUT2D eigenvalue weighted by molar-refractivity contribution is 6.09. The molecule has 0 radical (unpaired) electrons. The predicted octanol–water partition coefficient (Wildman–Crippen LogP) is 2.92. The summed E-state index contributed by atoms with van der Waals surface area (Å²) >= 11 is 0. The number of hydrogen-bond acceptors (Lipinski definition) is 4. The maximum atomic E-state index is 13.1. The first-order chi connectivity index (χ1) is 13.8. The monoisotopic (exact) mass is 397 g/mol. The number of imide groups is 1. The minimum atomic E-state index is -1.22. The Balaban J connectivity index is 1.83. The molecule has 0 spiro atoms. The number of nitrogens with zero attached hydrogens (tertiary/aromatic N) is 1. The van der Waals surface area contributed by atoms with E-state index in [0.717, 1.165) is 34.3 Å². The van der Waals surface area contributed by atoms with E-state index < -0.39 is 17.5 Å². The van der Waals surface area contributed by atoms with Crippen molar-refractivity contribution >= 4 is 28.6 Å². The molecule has 1 heterocycles. The number of urea groups is 1. The summed E-state index contributed by atoms with van der Waals surface area (Å²) in [7, 11) is 1.61. The first-order valence-electron chi connectivity index (χ1n) is 9.84. The lowest BCUT2D eigenvalue weighted by Gasteiger charge is -2.23. The van der Waals surface area contributed by atoms with Gasteiger partial charge in [-0.1, -0.05) is 32.0 Å². The van der Waals surface area contributed by atoms with Gasteiger partial charge in [-0.15, -0.1) is 0 Å². The summed E-state index contributed by atoms with van der Waals surface area (Å²) in [4.78, 5) is 38.8. The van der Waals surface area contributed by atoms with Crippen LogP contribution in [0.15, 0.2) is 36.4 Å². The van der Waals surface area contributed by atoms with Crippen LogP contribution in [0.2, 0.25) is 0 Å². The van der Waals surface area contributed by atoms with Crippen LogP contribution in [0.25, 0.3) is 10.8 Å². The van der Waals surface area contributed by atoms with E-state index in [0.29, 0.717) is 5.56 Å². The molecule has 3 rings (SSSR count). The standard InChI is InChI=1S/C22H27N3O4/c1-5-17(6-2)23-19(26)13-25-20(27)22(3,24-21(25)28)16-9-7-15-12-18(29-4)10-8-14(15)11-16/h7-12,17H,5-6,13H2,1-4H3,(H,23,26)(H,24,28)/t22-/m0/s1. The normalized spacial score (nSPS) is 19.0. The van der Waals surface area contributed by atoms with Crippen LogP contribution < -0.4 is 15.4 Å². The van der Waals surface area contributed by atoms with Gasteiger partial charge in [-0.2, -0.15) is 0 Å². The van der Waals surface area contributed by atoms with Gasteiger partial charge in [0.2, 0.25) is 5.91 Å². The van der Waals surface area contributed by atoms with Crippen molar-refractivity contribution in [2.24, 2.45) is 0 Å². The second-order valence-electron chi connectivity index (χ2n) is 7.46. The van der Waals surface area contributed by atoms with Crippen molar-refractivity contribution in [2.75, 3.05) is 13.7 Å². The van der Waals surface area contributed by atoms with E-state index in [2.05, 4.69) is 10.6 Å². The molecule has 7 heteroatoms. The van der Waals surface area contributed by atoms with Crippen LogP contribution in [0.4, 0.5) is 4.79 Å². The number of nitrogens with one attached hydrogen (secondary N) is 2. The minimum Gasteiger partial charge on any atom is -0.497 e. The van der Waals surface area contributed by atoms with Crippen LogP contribution in [-0.2, 0) is 15.1 Å². The fourth-order valence-corrected chi connectivity index (χ4v) is 3.61. The summed E-state index contributed by atoms with van der Waals surface area (Å²) in [5.41, 5.74) is -0.558. The van der Waals surface area contributed by atoms with Crippen molar-refractivity contribution in [1.82, 2.24) is 15.5 Å². The molecule has 1 fully saturated rings. The van der Waals surface area contributed by atoms with Gasteiger partial charge in [0.15, 0.2) is 0 Å². The zero-order valence-electron chi connectivity index (χ0n) is 17.2. The van der Waals surface area contributed by atoms with E-state index in [1.165, 1.54) is 0 Å². The molecule has 0 bridgehead atoms. The van der Waals surface area contributed by atoms with Crippen molar-refractivity contribution in [3.8, 4) is 5.75 Å². The third-order valence-electron chi connectivity index (χ3n) is 5.55. The van der Waals surface area contributed by atoms with Crippen LogP contribution in [0, 0.1) is 0 Å². The molecule has 4 amide bonds. The Morgan fingerprint density at radius 3 is 2.45 bits per heavy atom. The molecule has 0 aliphatic carbocycles. The van der Waals surface area contributed by atoms with Gasteiger partial charge in [-0.3, -0.25) is 14.5 Å². The topological polar surface area (TPSA) is 87.7 Å². The number of carbonyl (C=O) groups is 3. The second kappa shape index (κ2) is 8.11. The van der Waals surface area contributed by atoms with Crippen molar-refractivity contribution in [3.63, 3.8) is 0 Å². The van der Waals surface area contributed by atoms with Gasteiger partial charge in [0.05, 0.1) is 7.11 Å². The van der Waals surface area contributed by atoms with Gasteiger partial charge in [-0.05, 0) is 54.3 Å². The number of amides is 4. The zero-order chi connectivity index (χ0) is 21.2. The summed E-state index contributed by atoms with van der Waals surface area (Å²) in [6, 6.07) is 10.7. The average molecular weight is 397 g/mol. The number of rotatable bonds is 7. The third kappa shape index (κ3) is 3.90. The van der Waals surface area contributed by atoms with Crippen LogP contribution in [0.5, 0.6) is 5.75 Å². The Kier molecular flexibility index (Phi) is 5.77. The average Bonchev–Trinajstić information content (AvgIpc) is 2.95. The summed E-state index contributed by atoms with van der Waals surface area (Å²) in [5, 5.41) is 7.51. The van der Waals surface area contributed by atoms with E-state index in [1.54, 1.807) is 14.0 Å². The fraction of sp³-hybridized carbons (Fsp3) is 0.409. The first-order valence-corrected chi connectivity index (χ1v) is 9.84. The SMILES string of the molecule is CCC(CC)NC(=O)CN1C(=O)N[C@@](C)(c2ccc3cc(OC)ccc3c2)C1=O. The Bertz CT molecular complexity index is 954. The van der Waals surface area contributed by atoms with Gasteiger partial charge in [0.1, 0.15) is 17.8 Å². The van der Waals surface area contributed by atoms with Crippen molar-refractivity contribution in [2.45, 2.75) is 45.2 Å². The van der Waals surface area contributed by atoms with E-state index in [1.807, 2.05) is 50.2 Å². The smallest absolute Gasteiger partial charge is 0.325 e. The molecule has 1 aliphatic heterocycles. The van der Waals surface area contributed by atoms with Gasteiger partial charge < -0.3 is 15.4 Å². The zero-order valence-corrected chi connectivity index (χ0v) is 17.2. The van der Waals surface area contributed by atoms with Crippen LogP contribution in [0.3, 0.4) is 0 Å². The van der Waals surface area contributed by atoms with Crippen LogP contribution in [-0.4, -0.2) is 42.4 Å². The highest BCUT2D eigenvalue weighted by atomic mass is 16.5. The molecule has 1 atom stereocenters. The highest BCUT2D eigenvalue weighted by Crippen LogP contribution is 2.31. The number of fused-ring (bicyclic) bond motifs is 1. The Morgan fingerprint density at radius 2 is 1.79 bits per heavy atom. The summed E-state index contributed by atoms with van der Waals surface area (Å²) in [5.74, 6) is -0.0246. The van der Waals surface area contributed by atoms with E-state index in [-0.39, 0.29) is 18.5 Å². The molecule has 2 aromatic carbocycles. The second-order valence-corrected chi connectivity index (χ2v) is 7.46. The maximum absolute atomic E-state index is 13.1. The lowest BCUT2D eigenvalue weighted by Crippen LogP contribution is -2.45. The van der Waals surface area contributed by atoms with E-state index in [4.69, 9.17) is 4.74 Å². The number of carbonyl (C=O) groups excluding carboxylic acids is 3. The summed E-state index contributed by atoms with van der Waals surface area (Å²) < 4.78 is 5.24. The van der Waals surface area contributed by atoms with Crippen molar-refractivity contribution in [3.05, 3.63) is 42.0 Å². The summed E-state index contributed by atoms with van der Waals surface area (Å²) in [6.45, 7) is 5.33. The minimum absolute atomic E-state index is 0.0344. The number of methoxy groups -OCH3 is 1. The first kappa shape index (κ1) is 20.6. The lowest BCUT2D eigenvalue weighted by molar-refractivity contribution is -0.135. The molecular weight excluding hydrogens is 370 g/mol. The third-order valence-corrected chi connectivity index (χ3v) is 5.55. The quantitative estimate of drug-likeness (QED) is 0.703. The molecule has 1 aliphatic rings. The number of hydrogen-bond donors (Lipinski definition) is 2. The van der Waals surface area contributed by atoms with Crippen LogP contribution in [0.1, 0.15) is 39.2 Å². The van der Waals surface area contributed by atoms with Gasteiger partial charge in [0, 0.05) is 6.04 Å². The largest absolute Gasteiger partial charge is 0.497 e. The lowest BCUT2D eigenvalue weighted by atomic mass is 9.90. The summed E-state index contributed by atoms with van der Waals surface area (Å²) in [6.07, 6.45) is 1.59. The molecule has 7 nitrogen and oxygen atoms in total. The molecule has 0 unspecified atom stereocenters. The molecule has 0 aromatic heterocycles. The molecule has 154 valence electrons. The number of ether oxygens (including phenoxy) is 1. The van der Waals surface area contributed by atoms with Crippen LogP contribution >= 0.6 is 0 Å². The fourth-order valence-electron chi connectivity index (χ4n) is 3.61. The Morgan fingerprint density at radius 1 is 1.14 bits per heavy atom. The molecule has 0 saturated carbocycles. The van der Waals surface area contributed by atoms with Gasteiger partial charge >= 0.3 is 6.03 Å². The van der Waals surface area contributed by atoms with Gasteiger partial charge in [-0.25, -0.2) is 4.79 Å². The molecular formula is C22H27N3O4. The Hall–Kier alpha value is -3.09. The van der Waals surface area contributed by atoms with Gasteiger partial charge in [0.25, 0.3) is 5.91 Å².